The van der Waals surface area contributed by atoms with Crippen molar-refractivity contribution in [2.45, 2.75) is 39.3 Å². The molecule has 10 heavy (non-hydrogen) atoms. The molecule has 1 unspecified atom stereocenters. The normalized spacial score (nSPS) is 15.3. The Balaban J connectivity index is 3.47. The van der Waals surface area contributed by atoms with E-state index in [1.807, 2.05) is 6.55 Å². The Labute approximate surface area is 74.3 Å². The van der Waals surface area contributed by atoms with E-state index in [9.17, 15) is 0 Å². The van der Waals surface area contributed by atoms with Crippen molar-refractivity contribution in [3.63, 3.8) is 0 Å². The Kier molecular flexibility index (Phi) is 5.00. The van der Waals surface area contributed by atoms with Gasteiger partial charge in [0.25, 0.3) is 0 Å². The Morgan fingerprint density at radius 3 is 2.20 bits per heavy atom. The van der Waals surface area contributed by atoms with Gasteiger partial charge in [0.2, 0.25) is 6.69 Å². The van der Waals surface area contributed by atoms with Crippen LogP contribution < -0.4 is 0 Å². The van der Waals surface area contributed by atoms with Gasteiger partial charge in [-0.2, -0.15) is 0 Å². The van der Waals surface area contributed by atoms with Gasteiger partial charge in [0, 0.05) is 0 Å². The van der Waals surface area contributed by atoms with Gasteiger partial charge in [0.05, 0.1) is 0 Å². The molecule has 0 nitrogen and oxygen atoms in total. The first-order chi connectivity index (χ1) is 4.45. The second-order valence-corrected chi connectivity index (χ2v) is 11.3. The molecule has 0 aromatic carbocycles. The van der Waals surface area contributed by atoms with Crippen molar-refractivity contribution in [3.05, 3.63) is 0 Å². The summed E-state index contributed by atoms with van der Waals surface area (Å²) in [6, 6.07) is 1.03. The van der Waals surface area contributed by atoms with E-state index in [0.29, 0.717) is 5.92 Å². The van der Waals surface area contributed by atoms with Crippen molar-refractivity contribution in [3.8, 4) is 0 Å². The molecule has 0 spiro atoms. The average molecular weight is 199 g/mol. The summed E-state index contributed by atoms with van der Waals surface area (Å²) in [6.45, 7) is 4.59. The Hall–Kier alpha value is 0.797. The van der Waals surface area contributed by atoms with Crippen molar-refractivity contribution < 1.29 is 0 Å². The molecule has 62 valence electrons. The molecular weight excluding hydrogens is 183 g/mol. The van der Waals surface area contributed by atoms with Crippen LogP contribution in [-0.4, -0.2) is 6.69 Å². The first-order valence-corrected chi connectivity index (χ1v) is 8.56. The van der Waals surface area contributed by atoms with Gasteiger partial charge in [-0.1, -0.05) is 26.7 Å². The van der Waals surface area contributed by atoms with E-state index < -0.39 is 6.69 Å². The second kappa shape index (κ2) is 4.63. The number of hydrogen-bond donors (Lipinski definition) is 0. The summed E-state index contributed by atoms with van der Waals surface area (Å²) in [5.74, 6) is 0.705. The van der Waals surface area contributed by atoms with Crippen LogP contribution in [0.2, 0.25) is 12.6 Å². The van der Waals surface area contributed by atoms with Gasteiger partial charge in [0.1, 0.15) is 0 Å². The summed E-state index contributed by atoms with van der Waals surface area (Å²) in [6.07, 6.45) is 2.49. The fourth-order valence-electron chi connectivity index (χ4n) is 1.21. The standard InChI is InChI=1S/C7H16Cl2Si/c1-4-5-7(2)6-10(3,8)9/h7H,4-6H2,1-3H3. The summed E-state index contributed by atoms with van der Waals surface area (Å²) in [4.78, 5) is 0. The van der Waals surface area contributed by atoms with E-state index in [-0.39, 0.29) is 0 Å². The summed E-state index contributed by atoms with van der Waals surface area (Å²) in [5, 5.41) is 0. The minimum absolute atomic E-state index is 0.705. The molecule has 0 rings (SSSR count). The van der Waals surface area contributed by atoms with Crippen LogP contribution in [0.15, 0.2) is 0 Å². The molecule has 0 N–H and O–H groups in total. The van der Waals surface area contributed by atoms with Gasteiger partial charge in [-0.15, -0.1) is 22.2 Å². The van der Waals surface area contributed by atoms with Crippen LogP contribution in [0.4, 0.5) is 0 Å². The lowest BCUT2D eigenvalue weighted by Gasteiger charge is -2.15. The number of halogens is 2. The van der Waals surface area contributed by atoms with E-state index in [1.54, 1.807) is 0 Å². The zero-order chi connectivity index (χ0) is 8.20. The molecule has 0 amide bonds. The molecule has 0 aliphatic rings. The van der Waals surface area contributed by atoms with Crippen molar-refractivity contribution >= 4 is 28.9 Å². The molecule has 0 aromatic heterocycles. The maximum atomic E-state index is 5.97. The highest BCUT2D eigenvalue weighted by atomic mass is 35.7. The molecule has 1 atom stereocenters. The zero-order valence-corrected chi connectivity index (χ0v) is 9.47. The molecule has 0 bridgehead atoms. The molecule has 0 aromatic rings. The monoisotopic (exact) mass is 198 g/mol. The summed E-state index contributed by atoms with van der Waals surface area (Å²) in [7, 11) is 0. The topological polar surface area (TPSA) is 0 Å². The average Bonchev–Trinajstić information content (AvgIpc) is 1.59. The van der Waals surface area contributed by atoms with E-state index in [4.69, 9.17) is 22.2 Å². The van der Waals surface area contributed by atoms with Crippen LogP contribution in [0.25, 0.3) is 0 Å². The summed E-state index contributed by atoms with van der Waals surface area (Å²) >= 11 is 11.9. The van der Waals surface area contributed by atoms with Gasteiger partial charge in [-0.05, 0) is 18.5 Å². The smallest absolute Gasteiger partial charge is 0.146 e. The minimum atomic E-state index is -1.81. The highest BCUT2D eigenvalue weighted by Gasteiger charge is 2.23. The van der Waals surface area contributed by atoms with Crippen LogP contribution in [0.5, 0.6) is 0 Å². The van der Waals surface area contributed by atoms with Gasteiger partial charge in [-0.3, -0.25) is 0 Å². The van der Waals surface area contributed by atoms with Crippen LogP contribution in [0, 0.1) is 5.92 Å². The van der Waals surface area contributed by atoms with Gasteiger partial charge in [-0.25, -0.2) is 0 Å². The van der Waals surface area contributed by atoms with Crippen molar-refractivity contribution in [1.29, 1.82) is 0 Å². The van der Waals surface area contributed by atoms with Crippen LogP contribution >= 0.6 is 22.2 Å². The maximum Gasteiger partial charge on any atom is 0.248 e. The third-order valence-corrected chi connectivity index (χ3v) is 3.83. The second-order valence-electron chi connectivity index (χ2n) is 3.17. The molecule has 0 fully saturated rings. The first kappa shape index (κ1) is 10.8. The maximum absolute atomic E-state index is 5.97. The predicted molar refractivity (Wildman–Crippen MR) is 52.2 cm³/mol. The molecule has 0 saturated heterocycles. The van der Waals surface area contributed by atoms with E-state index in [0.717, 1.165) is 6.04 Å². The zero-order valence-electron chi connectivity index (χ0n) is 6.95. The predicted octanol–water partition coefficient (Wildman–Crippen LogP) is 3.97. The molecule has 0 radical (unpaired) electrons. The highest BCUT2D eigenvalue weighted by molar-refractivity contribution is 7.44. The Bertz CT molecular complexity index is 88.1. The third kappa shape index (κ3) is 6.91. The Morgan fingerprint density at radius 2 is 1.90 bits per heavy atom. The molecular formula is C7H16Cl2Si. The van der Waals surface area contributed by atoms with Gasteiger partial charge < -0.3 is 0 Å². The van der Waals surface area contributed by atoms with Crippen LogP contribution in [0.3, 0.4) is 0 Å². The van der Waals surface area contributed by atoms with E-state index in [2.05, 4.69) is 13.8 Å². The lowest BCUT2D eigenvalue weighted by atomic mass is 10.1. The lowest BCUT2D eigenvalue weighted by molar-refractivity contribution is 0.572. The largest absolute Gasteiger partial charge is 0.248 e. The van der Waals surface area contributed by atoms with Gasteiger partial charge in [0.15, 0.2) is 0 Å². The highest BCUT2D eigenvalue weighted by Crippen LogP contribution is 2.26. The molecule has 0 aliphatic carbocycles. The lowest BCUT2D eigenvalue weighted by Crippen LogP contribution is -2.16. The van der Waals surface area contributed by atoms with Crippen molar-refractivity contribution in [1.82, 2.24) is 0 Å². The van der Waals surface area contributed by atoms with Crippen molar-refractivity contribution in [2.75, 3.05) is 0 Å². The van der Waals surface area contributed by atoms with E-state index >= 15 is 0 Å². The molecule has 0 aliphatic heterocycles. The minimum Gasteiger partial charge on any atom is -0.146 e. The number of hydrogen-bond acceptors (Lipinski definition) is 0. The fourth-order valence-corrected chi connectivity index (χ4v) is 4.22. The summed E-state index contributed by atoms with van der Waals surface area (Å²) < 4.78 is 0. The Morgan fingerprint density at radius 1 is 1.40 bits per heavy atom. The number of rotatable bonds is 4. The van der Waals surface area contributed by atoms with Crippen LogP contribution in [0.1, 0.15) is 26.7 Å². The first-order valence-electron chi connectivity index (χ1n) is 3.83. The van der Waals surface area contributed by atoms with E-state index in [1.165, 1.54) is 12.8 Å². The summed E-state index contributed by atoms with van der Waals surface area (Å²) in [5.41, 5.74) is 0. The van der Waals surface area contributed by atoms with Crippen molar-refractivity contribution in [2.24, 2.45) is 5.92 Å². The molecule has 3 heteroatoms. The van der Waals surface area contributed by atoms with Crippen LogP contribution in [-0.2, 0) is 0 Å². The third-order valence-electron chi connectivity index (χ3n) is 1.49. The SMILES string of the molecule is CCCC(C)C[Si](C)(Cl)Cl. The molecule has 0 heterocycles. The molecule has 0 saturated carbocycles. The quantitative estimate of drug-likeness (QED) is 0.474. The van der Waals surface area contributed by atoms with Gasteiger partial charge >= 0.3 is 0 Å². The fraction of sp³-hybridized carbons (Fsp3) is 1.00.